The van der Waals surface area contributed by atoms with Crippen LogP contribution < -0.4 is 9.47 Å². The van der Waals surface area contributed by atoms with Crippen LogP contribution in [0.15, 0.2) is 30.5 Å². The summed E-state index contributed by atoms with van der Waals surface area (Å²) >= 11 is 0. The molecular formula is C15H17NO2. The fourth-order valence-corrected chi connectivity index (χ4v) is 2.08. The topological polar surface area (TPSA) is 31.4 Å². The minimum atomic E-state index is 0.734. The van der Waals surface area contributed by atoms with Gasteiger partial charge >= 0.3 is 0 Å². The summed E-state index contributed by atoms with van der Waals surface area (Å²) < 4.78 is 10.7. The Morgan fingerprint density at radius 2 is 1.78 bits per heavy atom. The van der Waals surface area contributed by atoms with Gasteiger partial charge in [-0.1, -0.05) is 6.07 Å². The highest BCUT2D eigenvalue weighted by Gasteiger charge is 2.12. The van der Waals surface area contributed by atoms with E-state index in [2.05, 4.69) is 11.1 Å². The molecule has 2 rings (SSSR count). The van der Waals surface area contributed by atoms with Gasteiger partial charge in [0.05, 0.1) is 19.9 Å². The molecule has 18 heavy (non-hydrogen) atoms. The molecule has 3 nitrogen and oxygen atoms in total. The normalized spacial score (nSPS) is 10.2. The number of aromatic nitrogens is 1. The molecule has 94 valence electrons. The van der Waals surface area contributed by atoms with Crippen molar-refractivity contribution in [1.82, 2.24) is 4.98 Å². The molecule has 2 aromatic rings. The zero-order valence-corrected chi connectivity index (χ0v) is 11.2. The van der Waals surface area contributed by atoms with Gasteiger partial charge in [-0.15, -0.1) is 0 Å². The maximum Gasteiger partial charge on any atom is 0.163 e. The third kappa shape index (κ3) is 2.16. The lowest BCUT2D eigenvalue weighted by Gasteiger charge is -2.13. The molecule has 0 saturated heterocycles. The molecule has 0 amide bonds. The van der Waals surface area contributed by atoms with E-state index in [0.717, 1.165) is 33.9 Å². The molecule has 0 fully saturated rings. The minimum Gasteiger partial charge on any atom is -0.493 e. The van der Waals surface area contributed by atoms with E-state index in [9.17, 15) is 0 Å². The fourth-order valence-electron chi connectivity index (χ4n) is 2.08. The van der Waals surface area contributed by atoms with Crippen molar-refractivity contribution in [1.29, 1.82) is 0 Å². The summed E-state index contributed by atoms with van der Waals surface area (Å²) in [6.45, 7) is 4.05. The summed E-state index contributed by atoms with van der Waals surface area (Å²) in [6, 6.07) is 8.01. The van der Waals surface area contributed by atoms with Crippen LogP contribution in [0.5, 0.6) is 11.5 Å². The first-order chi connectivity index (χ1) is 8.67. The van der Waals surface area contributed by atoms with E-state index in [1.54, 1.807) is 20.4 Å². The number of methoxy groups -OCH3 is 2. The van der Waals surface area contributed by atoms with E-state index >= 15 is 0 Å². The third-order valence-corrected chi connectivity index (χ3v) is 2.95. The Hall–Kier alpha value is -2.03. The highest BCUT2D eigenvalue weighted by Crippen LogP contribution is 2.35. The van der Waals surface area contributed by atoms with E-state index < -0.39 is 0 Å². The maximum absolute atomic E-state index is 5.37. The van der Waals surface area contributed by atoms with E-state index in [4.69, 9.17) is 9.47 Å². The van der Waals surface area contributed by atoms with Crippen LogP contribution in [0.1, 0.15) is 11.1 Å². The number of benzene rings is 1. The number of ether oxygens (including phenoxy) is 2. The van der Waals surface area contributed by atoms with Crippen molar-refractivity contribution < 1.29 is 9.47 Å². The monoisotopic (exact) mass is 243 g/mol. The Bertz CT molecular complexity index is 564. The first kappa shape index (κ1) is 12.4. The fraction of sp³-hybridized carbons (Fsp3) is 0.267. The summed E-state index contributed by atoms with van der Waals surface area (Å²) in [5.74, 6) is 1.51. The van der Waals surface area contributed by atoms with Gasteiger partial charge in [-0.3, -0.25) is 4.98 Å². The van der Waals surface area contributed by atoms with Crippen LogP contribution in [0.25, 0.3) is 11.3 Å². The quantitative estimate of drug-likeness (QED) is 0.828. The predicted molar refractivity (Wildman–Crippen MR) is 72.3 cm³/mol. The molecular weight excluding hydrogens is 226 g/mol. The van der Waals surface area contributed by atoms with Gasteiger partial charge in [-0.25, -0.2) is 0 Å². The van der Waals surface area contributed by atoms with Crippen LogP contribution in [0.2, 0.25) is 0 Å². The second kappa shape index (κ2) is 5.08. The zero-order chi connectivity index (χ0) is 13.1. The average Bonchev–Trinajstić information content (AvgIpc) is 2.38. The van der Waals surface area contributed by atoms with Crippen LogP contribution in [-0.4, -0.2) is 19.2 Å². The standard InChI is InChI=1S/C15H17NO2/c1-10-6-5-7-16-14(10)12-8-11(2)15(18-4)13(9-12)17-3/h5-9H,1-4H3. The first-order valence-corrected chi connectivity index (χ1v) is 5.82. The molecule has 0 unspecified atom stereocenters. The Labute approximate surface area is 107 Å². The summed E-state index contributed by atoms with van der Waals surface area (Å²) in [5, 5.41) is 0. The van der Waals surface area contributed by atoms with Gasteiger partial charge in [-0.2, -0.15) is 0 Å². The van der Waals surface area contributed by atoms with Gasteiger partial charge in [0, 0.05) is 11.8 Å². The van der Waals surface area contributed by atoms with E-state index in [1.165, 1.54) is 0 Å². The molecule has 0 aliphatic rings. The molecule has 1 aromatic carbocycles. The largest absolute Gasteiger partial charge is 0.493 e. The molecule has 1 aromatic heterocycles. The lowest BCUT2D eigenvalue weighted by Crippen LogP contribution is -1.95. The van der Waals surface area contributed by atoms with Crippen LogP contribution in [0.4, 0.5) is 0 Å². The van der Waals surface area contributed by atoms with E-state index in [-0.39, 0.29) is 0 Å². The zero-order valence-electron chi connectivity index (χ0n) is 11.2. The molecule has 0 radical (unpaired) electrons. The summed E-state index contributed by atoms with van der Waals surface area (Å²) in [7, 11) is 3.29. The Morgan fingerprint density at radius 1 is 1.00 bits per heavy atom. The number of nitrogens with zero attached hydrogens (tertiary/aromatic N) is 1. The summed E-state index contributed by atoms with van der Waals surface area (Å²) in [4.78, 5) is 4.42. The molecule has 0 atom stereocenters. The Kier molecular flexibility index (Phi) is 3.51. The van der Waals surface area contributed by atoms with Gasteiger partial charge < -0.3 is 9.47 Å². The second-order valence-electron chi connectivity index (χ2n) is 4.20. The van der Waals surface area contributed by atoms with Crippen LogP contribution in [0, 0.1) is 13.8 Å². The van der Waals surface area contributed by atoms with Crippen molar-refractivity contribution in [2.45, 2.75) is 13.8 Å². The molecule has 0 aliphatic heterocycles. The smallest absolute Gasteiger partial charge is 0.163 e. The predicted octanol–water partition coefficient (Wildman–Crippen LogP) is 3.38. The van der Waals surface area contributed by atoms with Gasteiger partial charge in [0.25, 0.3) is 0 Å². The Balaban J connectivity index is 2.60. The molecule has 0 bridgehead atoms. The van der Waals surface area contributed by atoms with E-state index in [0.29, 0.717) is 0 Å². The van der Waals surface area contributed by atoms with Gasteiger partial charge in [0.1, 0.15) is 0 Å². The molecule has 0 saturated carbocycles. The van der Waals surface area contributed by atoms with Gasteiger partial charge in [0.15, 0.2) is 11.5 Å². The lowest BCUT2D eigenvalue weighted by atomic mass is 10.0. The van der Waals surface area contributed by atoms with Crippen LogP contribution in [0.3, 0.4) is 0 Å². The average molecular weight is 243 g/mol. The van der Waals surface area contributed by atoms with Crippen molar-refractivity contribution in [3.63, 3.8) is 0 Å². The van der Waals surface area contributed by atoms with Crippen molar-refractivity contribution in [3.8, 4) is 22.8 Å². The van der Waals surface area contributed by atoms with Crippen molar-refractivity contribution in [2.75, 3.05) is 14.2 Å². The third-order valence-electron chi connectivity index (χ3n) is 2.95. The lowest BCUT2D eigenvalue weighted by molar-refractivity contribution is 0.353. The molecule has 1 heterocycles. The van der Waals surface area contributed by atoms with Crippen LogP contribution >= 0.6 is 0 Å². The molecule has 0 N–H and O–H groups in total. The number of rotatable bonds is 3. The van der Waals surface area contributed by atoms with Gasteiger partial charge in [-0.05, 0) is 43.2 Å². The van der Waals surface area contributed by atoms with Crippen molar-refractivity contribution in [2.24, 2.45) is 0 Å². The molecule has 3 heteroatoms. The number of aryl methyl sites for hydroxylation is 2. The van der Waals surface area contributed by atoms with E-state index in [1.807, 2.05) is 32.0 Å². The van der Waals surface area contributed by atoms with Crippen molar-refractivity contribution >= 4 is 0 Å². The molecule has 0 spiro atoms. The summed E-state index contributed by atoms with van der Waals surface area (Å²) in [6.07, 6.45) is 1.80. The maximum atomic E-state index is 5.37. The number of hydrogen-bond acceptors (Lipinski definition) is 3. The SMILES string of the molecule is COc1cc(-c2ncccc2C)cc(C)c1OC. The highest BCUT2D eigenvalue weighted by molar-refractivity contribution is 5.68. The van der Waals surface area contributed by atoms with Crippen molar-refractivity contribution in [3.05, 3.63) is 41.6 Å². The first-order valence-electron chi connectivity index (χ1n) is 5.82. The number of hydrogen-bond donors (Lipinski definition) is 0. The van der Waals surface area contributed by atoms with Gasteiger partial charge in [0.2, 0.25) is 0 Å². The minimum absolute atomic E-state index is 0.734. The second-order valence-corrected chi connectivity index (χ2v) is 4.20. The molecule has 0 aliphatic carbocycles. The van der Waals surface area contributed by atoms with Crippen LogP contribution in [-0.2, 0) is 0 Å². The Morgan fingerprint density at radius 3 is 2.39 bits per heavy atom. The summed E-state index contributed by atoms with van der Waals surface area (Å²) in [5.41, 5.74) is 4.20. The highest BCUT2D eigenvalue weighted by atomic mass is 16.5. The number of pyridine rings is 1.